The fourth-order valence-electron chi connectivity index (χ4n) is 3.96. The fourth-order valence-corrected chi connectivity index (χ4v) is 3.96. The van der Waals surface area contributed by atoms with Gasteiger partial charge in [-0.15, -0.1) is 0 Å². The van der Waals surface area contributed by atoms with Gasteiger partial charge in [0.25, 0.3) is 0 Å². The summed E-state index contributed by atoms with van der Waals surface area (Å²) in [5, 5.41) is 109. The van der Waals surface area contributed by atoms with Crippen molar-refractivity contribution in [2.75, 3.05) is 19.8 Å². The third-order valence-electron chi connectivity index (χ3n) is 6.08. The van der Waals surface area contributed by atoms with E-state index >= 15 is 0 Å². The highest BCUT2D eigenvalue weighted by Crippen LogP contribution is 2.32. The van der Waals surface area contributed by atoms with Crippen LogP contribution in [0.3, 0.4) is 0 Å². The number of ether oxygens (including phenoxy) is 5. The number of aliphatic hydroxyl groups is 11. The molecule has 16 nitrogen and oxygen atoms in total. The van der Waals surface area contributed by atoms with Crippen molar-refractivity contribution in [2.24, 2.45) is 0 Å². The van der Waals surface area contributed by atoms with Crippen molar-refractivity contribution < 1.29 is 79.9 Å². The molecule has 0 aromatic carbocycles. The van der Waals surface area contributed by atoms with Crippen molar-refractivity contribution in [3.05, 3.63) is 0 Å². The summed E-state index contributed by atoms with van der Waals surface area (Å²) >= 11 is 0. The molecular weight excluding hydrogens is 472 g/mol. The molecule has 16 heteroatoms. The predicted octanol–water partition coefficient (Wildman–Crippen LogP) is -7.57. The molecule has 0 saturated carbocycles. The van der Waals surface area contributed by atoms with Crippen molar-refractivity contribution in [3.8, 4) is 0 Å². The van der Waals surface area contributed by atoms with Gasteiger partial charge in [0.05, 0.1) is 19.8 Å². The van der Waals surface area contributed by atoms with Crippen LogP contribution < -0.4 is 0 Å². The molecule has 0 aromatic heterocycles. The van der Waals surface area contributed by atoms with Gasteiger partial charge in [0.1, 0.15) is 73.2 Å². The first-order valence-corrected chi connectivity index (χ1v) is 10.6. The van der Waals surface area contributed by atoms with Crippen molar-refractivity contribution >= 4 is 0 Å². The topological polar surface area (TPSA) is 269 Å². The van der Waals surface area contributed by atoms with E-state index in [4.69, 9.17) is 23.7 Å². The summed E-state index contributed by atoms with van der Waals surface area (Å²) in [4.78, 5) is 0. The third-order valence-corrected chi connectivity index (χ3v) is 6.08. The van der Waals surface area contributed by atoms with Gasteiger partial charge in [0, 0.05) is 0 Å². The van der Waals surface area contributed by atoms with E-state index in [-0.39, 0.29) is 0 Å². The minimum Gasteiger partial charge on any atom is -0.394 e. The van der Waals surface area contributed by atoms with Crippen LogP contribution in [0, 0.1) is 0 Å². The Labute approximate surface area is 192 Å². The Hall–Kier alpha value is -0.640. The molecule has 0 amide bonds. The minimum atomic E-state index is -1.88. The summed E-state index contributed by atoms with van der Waals surface area (Å²) in [5.74, 6) is 0. The van der Waals surface area contributed by atoms with Gasteiger partial charge in [-0.3, -0.25) is 0 Å². The zero-order valence-electron chi connectivity index (χ0n) is 17.7. The number of aliphatic hydroxyl groups excluding tert-OH is 11. The van der Waals surface area contributed by atoms with Crippen LogP contribution in [-0.4, -0.2) is 168 Å². The van der Waals surface area contributed by atoms with Crippen molar-refractivity contribution in [2.45, 2.75) is 92.1 Å². The molecule has 3 aliphatic heterocycles. The zero-order chi connectivity index (χ0) is 25.3. The molecule has 0 bridgehead atoms. The average molecular weight is 504 g/mol. The summed E-state index contributed by atoms with van der Waals surface area (Å²) < 4.78 is 26.8. The molecule has 0 aromatic rings. The summed E-state index contributed by atoms with van der Waals surface area (Å²) in [5.41, 5.74) is 0. The lowest BCUT2D eigenvalue weighted by Crippen LogP contribution is -2.66. The average Bonchev–Trinajstić information content (AvgIpc) is 2.83. The van der Waals surface area contributed by atoms with Crippen LogP contribution in [-0.2, 0) is 23.7 Å². The Kier molecular flexibility index (Phi) is 9.54. The summed E-state index contributed by atoms with van der Waals surface area (Å²) in [6.07, 6.45) is -25.6. The second-order valence-corrected chi connectivity index (χ2v) is 8.34. The number of hydrogen-bond donors (Lipinski definition) is 11. The SMILES string of the molecule is OC[C@H]1O[C@@H](O[C@H]2O[C@H](CO)[C@H](O)[C@H](O)[C@H]2O[C@@H]2O[C@H](CO)[C@H](O)[C@H](O)[C@H]2O)[C@H](O)[C@@H](O)[C@H]1O. The number of rotatable bonds is 7. The second kappa shape index (κ2) is 11.6. The van der Waals surface area contributed by atoms with Gasteiger partial charge < -0.3 is 79.9 Å². The van der Waals surface area contributed by atoms with Gasteiger partial charge in [-0.25, -0.2) is 0 Å². The van der Waals surface area contributed by atoms with Crippen LogP contribution in [0.2, 0.25) is 0 Å². The van der Waals surface area contributed by atoms with E-state index in [0.29, 0.717) is 0 Å². The van der Waals surface area contributed by atoms with Crippen LogP contribution in [0.15, 0.2) is 0 Å². The molecule has 15 atom stereocenters. The van der Waals surface area contributed by atoms with Crippen LogP contribution in [0.1, 0.15) is 0 Å². The van der Waals surface area contributed by atoms with Gasteiger partial charge >= 0.3 is 0 Å². The molecule has 34 heavy (non-hydrogen) atoms. The largest absolute Gasteiger partial charge is 0.394 e. The van der Waals surface area contributed by atoms with E-state index in [1.807, 2.05) is 0 Å². The fraction of sp³-hybridized carbons (Fsp3) is 1.00. The van der Waals surface area contributed by atoms with Crippen LogP contribution in [0.5, 0.6) is 0 Å². The summed E-state index contributed by atoms with van der Waals surface area (Å²) in [7, 11) is 0. The lowest BCUT2D eigenvalue weighted by molar-refractivity contribution is -0.401. The van der Waals surface area contributed by atoms with Crippen LogP contribution >= 0.6 is 0 Å². The second-order valence-electron chi connectivity index (χ2n) is 8.34. The van der Waals surface area contributed by atoms with E-state index in [1.54, 1.807) is 0 Å². The maximum atomic E-state index is 10.6. The highest BCUT2D eigenvalue weighted by molar-refractivity contribution is 4.95. The molecule has 0 radical (unpaired) electrons. The van der Waals surface area contributed by atoms with Crippen molar-refractivity contribution in [1.29, 1.82) is 0 Å². The van der Waals surface area contributed by atoms with Crippen molar-refractivity contribution in [1.82, 2.24) is 0 Å². The quantitative estimate of drug-likeness (QED) is 0.154. The van der Waals surface area contributed by atoms with Crippen LogP contribution in [0.25, 0.3) is 0 Å². The third kappa shape index (κ3) is 5.37. The monoisotopic (exact) mass is 504 g/mol. The van der Waals surface area contributed by atoms with Gasteiger partial charge in [0.2, 0.25) is 0 Å². The Morgan fingerprint density at radius 1 is 0.412 bits per heavy atom. The molecule has 11 N–H and O–H groups in total. The molecule has 0 unspecified atom stereocenters. The van der Waals surface area contributed by atoms with E-state index in [9.17, 15) is 56.2 Å². The van der Waals surface area contributed by atoms with E-state index in [2.05, 4.69) is 0 Å². The molecule has 3 heterocycles. The molecule has 3 saturated heterocycles. The van der Waals surface area contributed by atoms with Gasteiger partial charge in [-0.2, -0.15) is 0 Å². The maximum Gasteiger partial charge on any atom is 0.190 e. The molecule has 200 valence electrons. The van der Waals surface area contributed by atoms with Gasteiger partial charge in [-0.1, -0.05) is 0 Å². The molecule has 3 fully saturated rings. The normalized spacial score (nSPS) is 52.5. The zero-order valence-corrected chi connectivity index (χ0v) is 17.7. The Balaban J connectivity index is 1.81. The predicted molar refractivity (Wildman–Crippen MR) is 101 cm³/mol. The van der Waals surface area contributed by atoms with Gasteiger partial charge in [-0.05, 0) is 0 Å². The lowest BCUT2D eigenvalue weighted by atomic mass is 9.97. The van der Waals surface area contributed by atoms with E-state index in [1.165, 1.54) is 0 Å². The highest BCUT2D eigenvalue weighted by atomic mass is 16.8. The Bertz CT molecular complexity index is 637. The summed E-state index contributed by atoms with van der Waals surface area (Å²) in [6.45, 7) is -2.32. The Morgan fingerprint density at radius 3 is 1.18 bits per heavy atom. The first-order chi connectivity index (χ1) is 16.0. The maximum absolute atomic E-state index is 10.6. The van der Waals surface area contributed by atoms with Gasteiger partial charge in [0.15, 0.2) is 18.9 Å². The summed E-state index contributed by atoms with van der Waals surface area (Å²) in [6, 6.07) is 0. The first kappa shape index (κ1) is 27.9. The van der Waals surface area contributed by atoms with E-state index < -0.39 is 112 Å². The van der Waals surface area contributed by atoms with Crippen LogP contribution in [0.4, 0.5) is 0 Å². The highest BCUT2D eigenvalue weighted by Gasteiger charge is 2.53. The van der Waals surface area contributed by atoms with Crippen molar-refractivity contribution in [3.63, 3.8) is 0 Å². The Morgan fingerprint density at radius 2 is 0.765 bits per heavy atom. The minimum absolute atomic E-state index is 0.762. The number of hydrogen-bond acceptors (Lipinski definition) is 16. The van der Waals surface area contributed by atoms with E-state index in [0.717, 1.165) is 0 Å². The molecule has 0 spiro atoms. The smallest absolute Gasteiger partial charge is 0.190 e. The standard InChI is InChI=1S/C18H32O16/c19-1-4-7(22)10(25)13(28)16(30-4)33-15-12(27)9(24)6(3-21)32-18(15)34-17-14(29)11(26)8(23)5(2-20)31-17/h4-29H,1-3H2/t4-,5-,6-,7+,8+,9+,10+,11+,12+,13-,14-,15-,16+,17+,18-/m1/s1. The molecule has 3 aliphatic rings. The molecular formula is C18H32O16. The molecule has 3 rings (SSSR count). The molecule has 0 aliphatic carbocycles. The lowest BCUT2D eigenvalue weighted by Gasteiger charge is -2.47. The first-order valence-electron chi connectivity index (χ1n) is 10.6.